The van der Waals surface area contributed by atoms with Crippen LogP contribution in [0.15, 0.2) is 0 Å². The average molecular weight is 328 g/mol. The maximum absolute atomic E-state index is 12.3. The topological polar surface area (TPSA) is 98.2 Å². The van der Waals surface area contributed by atoms with Gasteiger partial charge in [0.2, 0.25) is 5.91 Å². The Morgan fingerprint density at radius 3 is 2.45 bits per heavy atom. The summed E-state index contributed by atoms with van der Waals surface area (Å²) in [4.78, 5) is 38.9. The first-order chi connectivity index (χ1) is 10.3. The summed E-state index contributed by atoms with van der Waals surface area (Å²) in [6.45, 7) is 4.77. The van der Waals surface area contributed by atoms with Crippen molar-refractivity contribution in [2.24, 2.45) is 5.92 Å². The molecule has 0 spiro atoms. The quantitative estimate of drug-likeness (QED) is 0.692. The lowest BCUT2D eigenvalue weighted by Crippen LogP contribution is -2.67. The number of fused-ring (bicyclic) bond motifs is 1. The first-order valence-electron chi connectivity index (χ1n) is 7.45. The average Bonchev–Trinajstić information content (AvgIpc) is 3.02. The molecule has 3 rings (SSSR count). The summed E-state index contributed by atoms with van der Waals surface area (Å²) < 4.78 is -0.642. The normalized spacial score (nSPS) is 34.3. The maximum atomic E-state index is 12.3. The number of hydrogen-bond acceptors (Lipinski definition) is 5. The van der Waals surface area contributed by atoms with Gasteiger partial charge in [-0.3, -0.25) is 9.59 Å². The van der Waals surface area contributed by atoms with Crippen molar-refractivity contribution in [3.05, 3.63) is 0 Å². The van der Waals surface area contributed by atoms with Crippen molar-refractivity contribution < 1.29 is 24.6 Å². The number of aliphatic carboxylic acids is 1. The Morgan fingerprint density at radius 2 is 1.91 bits per heavy atom. The van der Waals surface area contributed by atoms with E-state index in [0.29, 0.717) is 13.1 Å². The standard InChI is InChI=1S/C14H20N2O5S/c1-14(2)9(13(20)21)16-10(18)7(12(16)22-14)8(17)11(19)15-5-3-4-6-15/h7-9,12,17H,3-6H2,1-2H3,(H,20,21)/t7-,8+,9+,12-/m1/s1. The maximum Gasteiger partial charge on any atom is 0.327 e. The lowest BCUT2D eigenvalue weighted by atomic mass is 9.87. The van der Waals surface area contributed by atoms with Gasteiger partial charge in [-0.25, -0.2) is 4.79 Å². The lowest BCUT2D eigenvalue weighted by Gasteiger charge is -2.45. The second kappa shape index (κ2) is 5.13. The van der Waals surface area contributed by atoms with Crippen LogP contribution in [0.3, 0.4) is 0 Å². The summed E-state index contributed by atoms with van der Waals surface area (Å²) in [5, 5.41) is 19.2. The summed E-state index contributed by atoms with van der Waals surface area (Å²) in [7, 11) is 0. The van der Waals surface area contributed by atoms with Gasteiger partial charge in [-0.2, -0.15) is 0 Å². The Balaban J connectivity index is 1.77. The number of aliphatic hydroxyl groups is 1. The molecule has 0 unspecified atom stereocenters. The molecule has 122 valence electrons. The number of carbonyl (C=O) groups excluding carboxylic acids is 2. The molecule has 8 heteroatoms. The van der Waals surface area contributed by atoms with Gasteiger partial charge in [-0.15, -0.1) is 11.8 Å². The first kappa shape index (κ1) is 15.6. The van der Waals surface area contributed by atoms with Gasteiger partial charge in [0.25, 0.3) is 5.91 Å². The molecule has 0 bridgehead atoms. The van der Waals surface area contributed by atoms with E-state index >= 15 is 0 Å². The van der Waals surface area contributed by atoms with Crippen molar-refractivity contribution in [2.75, 3.05) is 13.1 Å². The van der Waals surface area contributed by atoms with E-state index in [0.717, 1.165) is 12.8 Å². The number of aliphatic hydroxyl groups excluding tert-OH is 1. The van der Waals surface area contributed by atoms with Crippen molar-refractivity contribution >= 4 is 29.5 Å². The molecule has 0 radical (unpaired) electrons. The van der Waals surface area contributed by atoms with Gasteiger partial charge in [0.05, 0.1) is 5.37 Å². The highest BCUT2D eigenvalue weighted by Gasteiger charge is 2.66. The number of β-lactam (4-membered cyclic amide) rings is 1. The van der Waals surface area contributed by atoms with Gasteiger partial charge in [0, 0.05) is 17.8 Å². The smallest absolute Gasteiger partial charge is 0.327 e. The SMILES string of the molecule is CC1(C)S[C@@H]2[C@H]([C@H](O)C(=O)N3CCCC3)C(=O)N2[C@H]1C(=O)O. The molecule has 3 saturated heterocycles. The zero-order valence-corrected chi connectivity index (χ0v) is 13.4. The summed E-state index contributed by atoms with van der Waals surface area (Å²) >= 11 is 1.35. The molecular formula is C14H20N2O5S. The van der Waals surface area contributed by atoms with E-state index < -0.39 is 46.0 Å². The number of likely N-dealkylation sites (tertiary alicyclic amines) is 1. The van der Waals surface area contributed by atoms with Crippen LogP contribution < -0.4 is 0 Å². The Bertz CT molecular complexity index is 531. The molecule has 2 amide bonds. The third-order valence-electron chi connectivity index (χ3n) is 4.73. The van der Waals surface area contributed by atoms with E-state index in [1.54, 1.807) is 18.7 Å². The number of carbonyl (C=O) groups is 3. The number of thioether (sulfide) groups is 1. The van der Waals surface area contributed by atoms with Gasteiger partial charge in [0.15, 0.2) is 0 Å². The van der Waals surface area contributed by atoms with Gasteiger partial charge in [-0.1, -0.05) is 0 Å². The third kappa shape index (κ3) is 2.11. The molecule has 22 heavy (non-hydrogen) atoms. The largest absolute Gasteiger partial charge is 0.480 e. The molecule has 2 N–H and O–H groups in total. The van der Waals surface area contributed by atoms with E-state index in [1.165, 1.54) is 16.7 Å². The second-order valence-corrected chi connectivity index (χ2v) is 8.37. The molecule has 7 nitrogen and oxygen atoms in total. The number of carboxylic acid groups (broad SMARTS) is 1. The van der Waals surface area contributed by atoms with Crippen LogP contribution in [-0.2, 0) is 14.4 Å². The van der Waals surface area contributed by atoms with Crippen LogP contribution in [0.4, 0.5) is 0 Å². The predicted molar refractivity (Wildman–Crippen MR) is 79.0 cm³/mol. The second-order valence-electron chi connectivity index (χ2n) is 6.60. The molecule has 3 fully saturated rings. The van der Waals surface area contributed by atoms with E-state index in [-0.39, 0.29) is 0 Å². The number of nitrogens with zero attached hydrogens (tertiary/aromatic N) is 2. The molecule has 3 aliphatic heterocycles. The van der Waals surface area contributed by atoms with Crippen LogP contribution in [0.5, 0.6) is 0 Å². The Labute approximate surface area is 132 Å². The summed E-state index contributed by atoms with van der Waals surface area (Å²) in [6.07, 6.45) is 0.452. The highest BCUT2D eigenvalue weighted by molar-refractivity contribution is 8.01. The lowest BCUT2D eigenvalue weighted by molar-refractivity contribution is -0.173. The fourth-order valence-corrected chi connectivity index (χ4v) is 5.33. The zero-order chi connectivity index (χ0) is 16.2. The fourth-order valence-electron chi connectivity index (χ4n) is 3.61. The summed E-state index contributed by atoms with van der Waals surface area (Å²) in [6, 6.07) is -0.916. The summed E-state index contributed by atoms with van der Waals surface area (Å²) in [5.41, 5.74) is 0. The van der Waals surface area contributed by atoms with E-state index in [1.807, 2.05) is 0 Å². The molecular weight excluding hydrogens is 308 g/mol. The van der Waals surface area contributed by atoms with Crippen molar-refractivity contribution in [2.45, 2.75) is 49.0 Å². The van der Waals surface area contributed by atoms with Crippen LogP contribution in [-0.4, -0.2) is 73.2 Å². The first-order valence-corrected chi connectivity index (χ1v) is 8.33. The number of carboxylic acids is 1. The molecule has 0 aromatic carbocycles. The molecule has 0 aromatic heterocycles. The van der Waals surface area contributed by atoms with Gasteiger partial charge in [0.1, 0.15) is 18.1 Å². The van der Waals surface area contributed by atoms with E-state index in [4.69, 9.17) is 0 Å². The van der Waals surface area contributed by atoms with Crippen LogP contribution in [0.25, 0.3) is 0 Å². The predicted octanol–water partition coefficient (Wildman–Crippen LogP) is -0.267. The van der Waals surface area contributed by atoms with Gasteiger partial charge in [-0.05, 0) is 26.7 Å². The minimum atomic E-state index is -1.37. The van der Waals surface area contributed by atoms with Crippen LogP contribution >= 0.6 is 11.8 Å². The minimum absolute atomic E-state index is 0.410. The molecule has 0 saturated carbocycles. The van der Waals surface area contributed by atoms with E-state index in [2.05, 4.69) is 0 Å². The fraction of sp³-hybridized carbons (Fsp3) is 0.786. The van der Waals surface area contributed by atoms with Gasteiger partial charge >= 0.3 is 5.97 Å². The summed E-state index contributed by atoms with van der Waals surface area (Å²) in [5.74, 6) is -2.72. The number of amides is 2. The Hall–Kier alpha value is -1.28. The van der Waals surface area contributed by atoms with Gasteiger partial charge < -0.3 is 20.0 Å². The molecule has 3 heterocycles. The molecule has 3 aliphatic rings. The molecule has 0 aromatic rings. The van der Waals surface area contributed by atoms with Crippen molar-refractivity contribution in [1.82, 2.24) is 9.80 Å². The number of hydrogen-bond donors (Lipinski definition) is 2. The minimum Gasteiger partial charge on any atom is -0.480 e. The van der Waals surface area contributed by atoms with Crippen LogP contribution in [0.1, 0.15) is 26.7 Å². The monoisotopic (exact) mass is 328 g/mol. The Morgan fingerprint density at radius 1 is 1.32 bits per heavy atom. The van der Waals surface area contributed by atoms with Crippen molar-refractivity contribution in [3.63, 3.8) is 0 Å². The zero-order valence-electron chi connectivity index (χ0n) is 12.6. The molecule has 4 atom stereocenters. The Kier molecular flexibility index (Phi) is 3.64. The van der Waals surface area contributed by atoms with Crippen molar-refractivity contribution in [3.8, 4) is 0 Å². The van der Waals surface area contributed by atoms with Crippen LogP contribution in [0, 0.1) is 5.92 Å². The third-order valence-corrected chi connectivity index (χ3v) is 6.32. The number of rotatable bonds is 3. The highest BCUT2D eigenvalue weighted by Crippen LogP contribution is 2.54. The van der Waals surface area contributed by atoms with Crippen LogP contribution in [0.2, 0.25) is 0 Å². The van der Waals surface area contributed by atoms with E-state index in [9.17, 15) is 24.6 Å². The molecule has 0 aliphatic carbocycles. The highest BCUT2D eigenvalue weighted by atomic mass is 32.2. The van der Waals surface area contributed by atoms with Crippen molar-refractivity contribution in [1.29, 1.82) is 0 Å².